The van der Waals surface area contributed by atoms with E-state index in [1.807, 2.05) is 19.2 Å². The summed E-state index contributed by atoms with van der Waals surface area (Å²) in [5, 5.41) is 0. The third-order valence-electron chi connectivity index (χ3n) is 3.98. The molecule has 0 saturated carbocycles. The molecule has 1 aliphatic heterocycles. The van der Waals surface area contributed by atoms with Crippen molar-refractivity contribution in [3.8, 4) is 5.88 Å². The minimum Gasteiger partial charge on any atom is -0.481 e. The molecule has 0 aromatic carbocycles. The van der Waals surface area contributed by atoms with Gasteiger partial charge in [-0.2, -0.15) is 9.97 Å². The van der Waals surface area contributed by atoms with Crippen LogP contribution in [0.5, 0.6) is 5.88 Å². The summed E-state index contributed by atoms with van der Waals surface area (Å²) in [7, 11) is 1.58. The summed E-state index contributed by atoms with van der Waals surface area (Å²) in [5.41, 5.74) is 8.03. The Kier molecular flexibility index (Phi) is 4.45. The molecular weight excluding hydrogens is 292 g/mol. The van der Waals surface area contributed by atoms with E-state index in [0.29, 0.717) is 5.88 Å². The number of nitrogens with two attached hydrogens (primary N) is 1. The predicted molar refractivity (Wildman–Crippen MR) is 91.0 cm³/mol. The van der Waals surface area contributed by atoms with Crippen LogP contribution in [0.2, 0.25) is 0 Å². The van der Waals surface area contributed by atoms with Gasteiger partial charge in [0.1, 0.15) is 5.82 Å². The summed E-state index contributed by atoms with van der Waals surface area (Å²) >= 11 is 0. The third-order valence-corrected chi connectivity index (χ3v) is 3.98. The maximum Gasteiger partial charge on any atom is 0.225 e. The van der Waals surface area contributed by atoms with Crippen LogP contribution in [0, 0.1) is 6.92 Å². The predicted octanol–water partition coefficient (Wildman–Crippen LogP) is 1.49. The van der Waals surface area contributed by atoms with E-state index in [9.17, 15) is 0 Å². The van der Waals surface area contributed by atoms with Gasteiger partial charge in [0.15, 0.2) is 0 Å². The number of ether oxygens (including phenoxy) is 1. The zero-order valence-electron chi connectivity index (χ0n) is 13.6. The van der Waals surface area contributed by atoms with Gasteiger partial charge < -0.3 is 20.3 Å². The van der Waals surface area contributed by atoms with Crippen LogP contribution in [0.15, 0.2) is 24.4 Å². The highest BCUT2D eigenvalue weighted by atomic mass is 16.5. The highest BCUT2D eigenvalue weighted by Gasteiger charge is 2.18. The number of nitrogens with zero attached hydrogens (tertiary/aromatic N) is 5. The molecule has 122 valence electrons. The molecule has 1 fully saturated rings. The van der Waals surface area contributed by atoms with Crippen molar-refractivity contribution in [3.63, 3.8) is 0 Å². The molecule has 0 unspecified atom stereocenters. The topological polar surface area (TPSA) is 80.4 Å². The van der Waals surface area contributed by atoms with Gasteiger partial charge in [-0.3, -0.25) is 4.98 Å². The molecule has 0 atom stereocenters. The number of anilines is 3. The Balaban J connectivity index is 1.75. The van der Waals surface area contributed by atoms with Crippen molar-refractivity contribution in [1.82, 2.24) is 15.0 Å². The van der Waals surface area contributed by atoms with Crippen molar-refractivity contribution < 1.29 is 4.74 Å². The standard InChI is InChI=1S/C16H22N6O/c1-12-10-13(4-5-18-12)21-6-3-7-22(9-8-21)14-11-15(23-2)20-16(17)19-14/h4-5,10-11H,3,6-9H2,1-2H3,(H2,17,19,20). The number of hydrogen-bond acceptors (Lipinski definition) is 7. The summed E-state index contributed by atoms with van der Waals surface area (Å²) in [4.78, 5) is 17.3. The van der Waals surface area contributed by atoms with Crippen molar-refractivity contribution in [2.45, 2.75) is 13.3 Å². The third kappa shape index (κ3) is 3.61. The SMILES string of the molecule is COc1cc(N2CCCN(c3ccnc(C)c3)CC2)nc(N)n1. The van der Waals surface area contributed by atoms with Crippen molar-refractivity contribution in [1.29, 1.82) is 0 Å². The quantitative estimate of drug-likeness (QED) is 0.919. The summed E-state index contributed by atoms with van der Waals surface area (Å²) in [5.74, 6) is 1.56. The lowest BCUT2D eigenvalue weighted by atomic mass is 10.3. The molecule has 23 heavy (non-hydrogen) atoms. The monoisotopic (exact) mass is 314 g/mol. The number of hydrogen-bond donors (Lipinski definition) is 1. The Morgan fingerprint density at radius 1 is 1.09 bits per heavy atom. The molecule has 1 aliphatic rings. The van der Waals surface area contributed by atoms with Crippen molar-refractivity contribution in [2.75, 3.05) is 48.8 Å². The number of aromatic nitrogens is 3. The average Bonchev–Trinajstić information content (AvgIpc) is 2.80. The largest absolute Gasteiger partial charge is 0.481 e. The summed E-state index contributed by atoms with van der Waals surface area (Å²) in [6, 6.07) is 6.03. The lowest BCUT2D eigenvalue weighted by Gasteiger charge is -2.24. The molecule has 0 spiro atoms. The van der Waals surface area contributed by atoms with Crippen LogP contribution in [0.3, 0.4) is 0 Å². The van der Waals surface area contributed by atoms with E-state index in [1.165, 1.54) is 5.69 Å². The van der Waals surface area contributed by atoms with Gasteiger partial charge in [0.05, 0.1) is 7.11 Å². The van der Waals surface area contributed by atoms with E-state index in [4.69, 9.17) is 10.5 Å². The zero-order valence-corrected chi connectivity index (χ0v) is 13.6. The molecule has 1 saturated heterocycles. The molecule has 3 rings (SSSR count). The molecular formula is C16H22N6O. The molecule has 0 amide bonds. The van der Waals surface area contributed by atoms with E-state index < -0.39 is 0 Å². The molecule has 7 heteroatoms. The Labute approximate surface area is 136 Å². The van der Waals surface area contributed by atoms with Crippen LogP contribution in [0.1, 0.15) is 12.1 Å². The summed E-state index contributed by atoms with van der Waals surface area (Å²) in [6.07, 6.45) is 2.91. The Bertz CT molecular complexity index is 677. The lowest BCUT2D eigenvalue weighted by Crippen LogP contribution is -2.31. The van der Waals surface area contributed by atoms with Gasteiger partial charge in [0.2, 0.25) is 11.8 Å². The molecule has 2 N–H and O–H groups in total. The number of methoxy groups -OCH3 is 1. The van der Waals surface area contributed by atoms with Gasteiger partial charge in [-0.05, 0) is 25.5 Å². The molecule has 2 aromatic heterocycles. The fourth-order valence-electron chi connectivity index (χ4n) is 2.83. The van der Waals surface area contributed by atoms with Gasteiger partial charge in [-0.1, -0.05) is 0 Å². The maximum absolute atomic E-state index is 5.77. The minimum absolute atomic E-state index is 0.241. The van der Waals surface area contributed by atoms with Gasteiger partial charge in [0.25, 0.3) is 0 Å². The highest BCUT2D eigenvalue weighted by Crippen LogP contribution is 2.22. The van der Waals surface area contributed by atoms with Crippen LogP contribution >= 0.6 is 0 Å². The Morgan fingerprint density at radius 2 is 1.87 bits per heavy atom. The van der Waals surface area contributed by atoms with Crippen LogP contribution in [0.4, 0.5) is 17.5 Å². The first-order valence-electron chi connectivity index (χ1n) is 7.77. The Morgan fingerprint density at radius 3 is 2.65 bits per heavy atom. The maximum atomic E-state index is 5.77. The van der Waals surface area contributed by atoms with Gasteiger partial charge >= 0.3 is 0 Å². The summed E-state index contributed by atoms with van der Waals surface area (Å²) in [6.45, 7) is 5.76. The van der Waals surface area contributed by atoms with Crippen molar-refractivity contribution in [3.05, 3.63) is 30.1 Å². The number of aryl methyl sites for hydroxylation is 1. The molecule has 0 aliphatic carbocycles. The van der Waals surface area contributed by atoms with E-state index in [2.05, 4.69) is 36.9 Å². The fourth-order valence-corrected chi connectivity index (χ4v) is 2.83. The van der Waals surface area contributed by atoms with Crippen LogP contribution < -0.4 is 20.3 Å². The average molecular weight is 314 g/mol. The number of pyridine rings is 1. The van der Waals surface area contributed by atoms with E-state index in [1.54, 1.807) is 7.11 Å². The Hall–Kier alpha value is -2.57. The molecule has 2 aromatic rings. The number of rotatable bonds is 3. The van der Waals surface area contributed by atoms with Crippen LogP contribution in [0.25, 0.3) is 0 Å². The highest BCUT2D eigenvalue weighted by molar-refractivity contribution is 5.49. The molecule has 0 radical (unpaired) electrons. The smallest absolute Gasteiger partial charge is 0.225 e. The van der Waals surface area contributed by atoms with E-state index >= 15 is 0 Å². The van der Waals surface area contributed by atoms with Crippen LogP contribution in [-0.2, 0) is 0 Å². The second-order valence-corrected chi connectivity index (χ2v) is 5.61. The van der Waals surface area contributed by atoms with E-state index in [0.717, 1.165) is 44.1 Å². The van der Waals surface area contributed by atoms with Crippen molar-refractivity contribution in [2.24, 2.45) is 0 Å². The fraction of sp³-hybridized carbons (Fsp3) is 0.438. The normalized spacial score (nSPS) is 15.4. The first kappa shape index (κ1) is 15.3. The zero-order chi connectivity index (χ0) is 16.2. The second kappa shape index (κ2) is 6.68. The second-order valence-electron chi connectivity index (χ2n) is 5.61. The minimum atomic E-state index is 0.241. The van der Waals surface area contributed by atoms with Gasteiger partial charge in [0, 0.05) is 49.8 Å². The van der Waals surface area contributed by atoms with Crippen LogP contribution in [-0.4, -0.2) is 48.2 Å². The number of nitrogen functional groups attached to an aromatic ring is 1. The van der Waals surface area contributed by atoms with E-state index in [-0.39, 0.29) is 5.95 Å². The van der Waals surface area contributed by atoms with Crippen molar-refractivity contribution >= 4 is 17.5 Å². The first-order chi connectivity index (χ1) is 11.2. The molecule has 0 bridgehead atoms. The van der Waals surface area contributed by atoms with Gasteiger partial charge in [-0.15, -0.1) is 0 Å². The first-order valence-corrected chi connectivity index (χ1v) is 7.77. The lowest BCUT2D eigenvalue weighted by molar-refractivity contribution is 0.397. The molecule has 7 nitrogen and oxygen atoms in total. The van der Waals surface area contributed by atoms with Gasteiger partial charge in [-0.25, -0.2) is 0 Å². The molecule has 3 heterocycles. The summed E-state index contributed by atoms with van der Waals surface area (Å²) < 4.78 is 5.19.